The quantitative estimate of drug-likeness (QED) is 0.0542. The first-order chi connectivity index (χ1) is 22.1. The monoisotopic (exact) mass is 641 g/mol. The molecule has 0 bridgehead atoms. The summed E-state index contributed by atoms with van der Waals surface area (Å²) < 4.78 is 17.1. The number of hydrogen-bond acceptors (Lipinski definition) is 6. The van der Waals surface area contributed by atoms with E-state index >= 15 is 0 Å². The van der Waals surface area contributed by atoms with Gasteiger partial charge in [0.2, 0.25) is 0 Å². The molecular weight excluding hydrogens is 564 g/mol. The van der Waals surface area contributed by atoms with Crippen LogP contribution in [-0.2, 0) is 23.8 Å². The van der Waals surface area contributed by atoms with E-state index in [0.29, 0.717) is 25.9 Å². The number of carbonyl (C=O) groups is 2. The lowest BCUT2D eigenvalue weighted by molar-refractivity contribution is -0.156. The minimum Gasteiger partial charge on any atom is -0.462 e. The molecule has 1 N–H and O–H groups in total. The molecule has 0 amide bonds. The highest BCUT2D eigenvalue weighted by atomic mass is 16.6. The van der Waals surface area contributed by atoms with Crippen molar-refractivity contribution >= 4 is 11.9 Å². The summed E-state index contributed by atoms with van der Waals surface area (Å²) in [6, 6.07) is 0. The standard InChI is InChI=1S/C39H76O6/c1-4-7-10-13-15-17-18-20-22-25-28-31-39(42)45-37(34-40)35-43-33-32-36(29-26-23-12-9-6-3)44-38(41)30-27-24-21-19-16-14-11-8-5-2/h36-37,40H,4-35H2,1-3H3/t36-,37+/m0/s1. The molecule has 268 valence electrons. The van der Waals surface area contributed by atoms with E-state index in [9.17, 15) is 14.7 Å². The van der Waals surface area contributed by atoms with Crippen molar-refractivity contribution in [2.75, 3.05) is 19.8 Å². The number of rotatable bonds is 36. The van der Waals surface area contributed by atoms with Crippen LogP contribution in [0, 0.1) is 0 Å². The molecule has 0 aromatic rings. The van der Waals surface area contributed by atoms with Crippen LogP contribution in [0.2, 0.25) is 0 Å². The van der Waals surface area contributed by atoms with Crippen LogP contribution in [0.4, 0.5) is 0 Å². The lowest BCUT2D eigenvalue weighted by atomic mass is 10.1. The molecule has 0 aliphatic heterocycles. The molecule has 0 rings (SSSR count). The van der Waals surface area contributed by atoms with Crippen LogP contribution in [0.1, 0.15) is 207 Å². The fourth-order valence-electron chi connectivity index (χ4n) is 5.79. The number of aliphatic hydroxyl groups is 1. The van der Waals surface area contributed by atoms with Crippen LogP contribution in [0.15, 0.2) is 0 Å². The van der Waals surface area contributed by atoms with Gasteiger partial charge < -0.3 is 19.3 Å². The van der Waals surface area contributed by atoms with Gasteiger partial charge in [-0.3, -0.25) is 9.59 Å². The maximum atomic E-state index is 12.6. The number of hydrogen-bond donors (Lipinski definition) is 1. The molecule has 0 aliphatic carbocycles. The van der Waals surface area contributed by atoms with Crippen molar-refractivity contribution in [3.05, 3.63) is 0 Å². The Labute approximate surface area is 279 Å². The highest BCUT2D eigenvalue weighted by Gasteiger charge is 2.17. The first-order valence-corrected chi connectivity index (χ1v) is 19.6. The summed E-state index contributed by atoms with van der Waals surface area (Å²) in [5.74, 6) is -0.356. The Morgan fingerprint density at radius 3 is 1.22 bits per heavy atom. The van der Waals surface area contributed by atoms with E-state index in [2.05, 4.69) is 20.8 Å². The molecule has 0 unspecified atom stereocenters. The minimum absolute atomic E-state index is 0.0962. The summed E-state index contributed by atoms with van der Waals surface area (Å²) in [6.07, 6.45) is 32.1. The predicted octanol–water partition coefficient (Wildman–Crippen LogP) is 11.2. The maximum Gasteiger partial charge on any atom is 0.306 e. The van der Waals surface area contributed by atoms with Gasteiger partial charge in [0.15, 0.2) is 0 Å². The van der Waals surface area contributed by atoms with Crippen molar-refractivity contribution < 1.29 is 28.9 Å². The topological polar surface area (TPSA) is 82.1 Å². The smallest absolute Gasteiger partial charge is 0.306 e. The van der Waals surface area contributed by atoms with E-state index in [0.717, 1.165) is 51.4 Å². The number of esters is 2. The number of carbonyl (C=O) groups excluding carboxylic acids is 2. The van der Waals surface area contributed by atoms with E-state index in [4.69, 9.17) is 14.2 Å². The fraction of sp³-hybridized carbons (Fsp3) is 0.949. The summed E-state index contributed by atoms with van der Waals surface area (Å²) in [4.78, 5) is 24.8. The second kappa shape index (κ2) is 35.7. The SMILES string of the molecule is CCCCCCCCCCCCCC(=O)O[C@H](CO)COCC[C@H](CCCCCCC)OC(=O)CCCCCCCCCCC. The Hall–Kier alpha value is -1.14. The van der Waals surface area contributed by atoms with E-state index in [1.165, 1.54) is 116 Å². The zero-order valence-corrected chi connectivity index (χ0v) is 30.3. The lowest BCUT2D eigenvalue weighted by Crippen LogP contribution is -2.28. The molecule has 0 saturated heterocycles. The van der Waals surface area contributed by atoms with Crippen LogP contribution in [0.3, 0.4) is 0 Å². The van der Waals surface area contributed by atoms with Crippen LogP contribution in [-0.4, -0.2) is 49.1 Å². The molecule has 0 heterocycles. The Bertz CT molecular complexity index is 625. The molecule has 0 aromatic carbocycles. The normalized spacial score (nSPS) is 12.7. The largest absolute Gasteiger partial charge is 0.462 e. The van der Waals surface area contributed by atoms with Gasteiger partial charge in [-0.05, 0) is 25.7 Å². The van der Waals surface area contributed by atoms with E-state index in [1.54, 1.807) is 0 Å². The van der Waals surface area contributed by atoms with Gasteiger partial charge in [0.25, 0.3) is 0 Å². The van der Waals surface area contributed by atoms with Crippen molar-refractivity contribution in [3.63, 3.8) is 0 Å². The minimum atomic E-state index is -0.646. The molecule has 45 heavy (non-hydrogen) atoms. The van der Waals surface area contributed by atoms with Gasteiger partial charge in [-0.25, -0.2) is 0 Å². The third kappa shape index (κ3) is 32.6. The van der Waals surface area contributed by atoms with Gasteiger partial charge in [0.05, 0.1) is 19.8 Å². The summed E-state index contributed by atoms with van der Waals surface area (Å²) in [6.45, 7) is 7.04. The van der Waals surface area contributed by atoms with Crippen molar-refractivity contribution in [2.45, 2.75) is 219 Å². The van der Waals surface area contributed by atoms with E-state index < -0.39 is 6.10 Å². The van der Waals surface area contributed by atoms with Crippen LogP contribution in [0.5, 0.6) is 0 Å². The molecule has 2 atom stereocenters. The average molecular weight is 641 g/mol. The highest BCUT2D eigenvalue weighted by Crippen LogP contribution is 2.16. The summed E-state index contributed by atoms with van der Waals surface area (Å²) in [5, 5.41) is 9.71. The molecule has 0 aromatic heterocycles. The molecule has 0 spiro atoms. The first-order valence-electron chi connectivity index (χ1n) is 19.6. The average Bonchev–Trinajstić information content (AvgIpc) is 3.03. The van der Waals surface area contributed by atoms with Gasteiger partial charge in [-0.1, -0.05) is 162 Å². The molecule has 0 aliphatic rings. The van der Waals surface area contributed by atoms with Crippen LogP contribution >= 0.6 is 0 Å². The first kappa shape index (κ1) is 43.9. The van der Waals surface area contributed by atoms with Gasteiger partial charge in [-0.2, -0.15) is 0 Å². The predicted molar refractivity (Wildman–Crippen MR) is 189 cm³/mol. The summed E-state index contributed by atoms with van der Waals surface area (Å²) >= 11 is 0. The summed E-state index contributed by atoms with van der Waals surface area (Å²) in [7, 11) is 0. The molecule has 0 saturated carbocycles. The van der Waals surface area contributed by atoms with Crippen molar-refractivity contribution in [1.29, 1.82) is 0 Å². The zero-order valence-electron chi connectivity index (χ0n) is 30.3. The Balaban J connectivity index is 4.15. The Morgan fingerprint density at radius 1 is 0.467 bits per heavy atom. The number of unbranched alkanes of at least 4 members (excludes halogenated alkanes) is 22. The van der Waals surface area contributed by atoms with Gasteiger partial charge >= 0.3 is 11.9 Å². The van der Waals surface area contributed by atoms with Gasteiger partial charge in [-0.15, -0.1) is 0 Å². The second-order valence-corrected chi connectivity index (χ2v) is 13.3. The Kier molecular flexibility index (Phi) is 34.8. The van der Waals surface area contributed by atoms with Crippen molar-refractivity contribution in [1.82, 2.24) is 0 Å². The molecule has 6 nitrogen and oxygen atoms in total. The van der Waals surface area contributed by atoms with Crippen molar-refractivity contribution in [2.24, 2.45) is 0 Å². The summed E-state index contributed by atoms with van der Waals surface area (Å²) in [5.41, 5.74) is 0. The number of ether oxygens (including phenoxy) is 3. The molecule has 0 radical (unpaired) electrons. The third-order valence-corrected chi connectivity index (χ3v) is 8.79. The lowest BCUT2D eigenvalue weighted by Gasteiger charge is -2.20. The number of aliphatic hydroxyl groups excluding tert-OH is 1. The van der Waals surface area contributed by atoms with E-state index in [1.807, 2.05) is 0 Å². The molecule has 6 heteroatoms. The maximum absolute atomic E-state index is 12.6. The van der Waals surface area contributed by atoms with E-state index in [-0.39, 0.29) is 31.3 Å². The highest BCUT2D eigenvalue weighted by molar-refractivity contribution is 5.69. The van der Waals surface area contributed by atoms with Gasteiger partial charge in [0, 0.05) is 19.3 Å². The Morgan fingerprint density at radius 2 is 0.822 bits per heavy atom. The van der Waals surface area contributed by atoms with Crippen LogP contribution < -0.4 is 0 Å². The molecular formula is C39H76O6. The zero-order chi connectivity index (χ0) is 33.1. The van der Waals surface area contributed by atoms with Gasteiger partial charge in [0.1, 0.15) is 12.2 Å². The van der Waals surface area contributed by atoms with Crippen LogP contribution in [0.25, 0.3) is 0 Å². The third-order valence-electron chi connectivity index (χ3n) is 8.79. The second-order valence-electron chi connectivity index (χ2n) is 13.3. The molecule has 0 fully saturated rings. The van der Waals surface area contributed by atoms with Crippen molar-refractivity contribution in [3.8, 4) is 0 Å². The fourth-order valence-corrected chi connectivity index (χ4v) is 5.79.